The van der Waals surface area contributed by atoms with Crippen LogP contribution in [0.3, 0.4) is 0 Å². The Morgan fingerprint density at radius 3 is 2.47 bits per heavy atom. The summed E-state index contributed by atoms with van der Waals surface area (Å²) in [5.41, 5.74) is 2.69. The van der Waals surface area contributed by atoms with Gasteiger partial charge in [0.1, 0.15) is 11.6 Å². The fourth-order valence-corrected chi connectivity index (χ4v) is 1.86. The van der Waals surface area contributed by atoms with Crippen molar-refractivity contribution in [2.75, 3.05) is 11.9 Å². The van der Waals surface area contributed by atoms with E-state index in [0.29, 0.717) is 5.56 Å². The average Bonchev–Trinajstić information content (AvgIpc) is 2.46. The van der Waals surface area contributed by atoms with Crippen molar-refractivity contribution in [3.8, 4) is 6.07 Å². The molecule has 0 radical (unpaired) electrons. The van der Waals surface area contributed by atoms with Crippen LogP contribution >= 0.6 is 0 Å². The molecule has 0 aliphatic carbocycles. The minimum atomic E-state index is 0.658. The van der Waals surface area contributed by atoms with Crippen molar-refractivity contribution in [3.05, 3.63) is 47.4 Å². The van der Waals surface area contributed by atoms with Gasteiger partial charge in [-0.3, -0.25) is 0 Å². The molecule has 0 atom stereocenters. The van der Waals surface area contributed by atoms with E-state index in [2.05, 4.69) is 23.0 Å². The quantitative estimate of drug-likeness (QED) is 0.842. The summed E-state index contributed by atoms with van der Waals surface area (Å²) in [4.78, 5) is 10.8. The first-order valence-corrected chi connectivity index (χ1v) is 6.22. The van der Waals surface area contributed by atoms with Gasteiger partial charge >= 0.3 is 0 Å². The molecule has 0 saturated carbocycles. The predicted octanol–water partition coefficient (Wildman–Crippen LogP) is 2.99. The van der Waals surface area contributed by atoms with Crippen LogP contribution in [0.4, 0.5) is 11.5 Å². The van der Waals surface area contributed by atoms with Gasteiger partial charge in [0.25, 0.3) is 0 Å². The molecule has 0 N–H and O–H groups in total. The van der Waals surface area contributed by atoms with Gasteiger partial charge in [-0.1, -0.05) is 6.92 Å². The summed E-state index contributed by atoms with van der Waals surface area (Å²) in [6.45, 7) is 3.97. The van der Waals surface area contributed by atoms with Gasteiger partial charge in [0.15, 0.2) is 0 Å². The van der Waals surface area contributed by atoms with Gasteiger partial charge in [0.05, 0.1) is 11.6 Å². The van der Waals surface area contributed by atoms with Gasteiger partial charge in [-0.2, -0.15) is 5.26 Å². The van der Waals surface area contributed by atoms with Crippen molar-refractivity contribution in [2.45, 2.75) is 20.3 Å². The summed E-state index contributed by atoms with van der Waals surface area (Å²) >= 11 is 0. The Morgan fingerprint density at radius 2 is 1.89 bits per heavy atom. The van der Waals surface area contributed by atoms with E-state index in [-0.39, 0.29) is 0 Å². The number of rotatable bonds is 3. The van der Waals surface area contributed by atoms with Crippen molar-refractivity contribution in [1.82, 2.24) is 9.97 Å². The Balaban J connectivity index is 2.35. The lowest BCUT2D eigenvalue weighted by molar-refractivity contribution is 0.934. The number of hydrogen-bond acceptors (Lipinski definition) is 4. The number of aromatic nitrogens is 2. The van der Waals surface area contributed by atoms with Gasteiger partial charge in [0.2, 0.25) is 0 Å². The minimum Gasteiger partial charge on any atom is -0.329 e. The van der Waals surface area contributed by atoms with Crippen molar-refractivity contribution < 1.29 is 0 Å². The van der Waals surface area contributed by atoms with E-state index in [1.807, 2.05) is 37.1 Å². The molecule has 2 aromatic rings. The highest BCUT2D eigenvalue weighted by Gasteiger charge is 2.08. The van der Waals surface area contributed by atoms with E-state index in [9.17, 15) is 0 Å². The van der Waals surface area contributed by atoms with Crippen LogP contribution in [0, 0.1) is 18.3 Å². The first-order chi connectivity index (χ1) is 9.13. The Bertz CT molecular complexity index is 611. The average molecular weight is 252 g/mol. The third kappa shape index (κ3) is 2.89. The molecule has 0 spiro atoms. The van der Waals surface area contributed by atoms with E-state index < -0.39 is 0 Å². The summed E-state index contributed by atoms with van der Waals surface area (Å²) in [7, 11) is 1.96. The number of benzene rings is 1. The van der Waals surface area contributed by atoms with Gasteiger partial charge in [-0.05, 0) is 37.6 Å². The van der Waals surface area contributed by atoms with Crippen molar-refractivity contribution in [3.63, 3.8) is 0 Å². The summed E-state index contributed by atoms with van der Waals surface area (Å²) in [6.07, 6.45) is 0.886. The fraction of sp³-hybridized carbons (Fsp3) is 0.267. The second-order valence-corrected chi connectivity index (χ2v) is 4.34. The minimum absolute atomic E-state index is 0.658. The molecule has 1 aromatic heterocycles. The molecule has 19 heavy (non-hydrogen) atoms. The third-order valence-electron chi connectivity index (χ3n) is 2.97. The molecule has 1 heterocycles. The van der Waals surface area contributed by atoms with E-state index in [1.54, 1.807) is 12.1 Å². The predicted molar refractivity (Wildman–Crippen MR) is 75.4 cm³/mol. The molecule has 0 unspecified atom stereocenters. The van der Waals surface area contributed by atoms with Crippen LogP contribution in [-0.2, 0) is 6.42 Å². The maximum atomic E-state index is 8.80. The number of nitrogens with zero attached hydrogens (tertiary/aromatic N) is 4. The molecule has 1 aromatic carbocycles. The molecule has 0 saturated heterocycles. The van der Waals surface area contributed by atoms with E-state index in [4.69, 9.17) is 5.26 Å². The van der Waals surface area contributed by atoms with Crippen LogP contribution in [0.25, 0.3) is 0 Å². The molecule has 96 valence electrons. The Kier molecular flexibility index (Phi) is 3.76. The van der Waals surface area contributed by atoms with E-state index >= 15 is 0 Å². The zero-order chi connectivity index (χ0) is 13.8. The van der Waals surface area contributed by atoms with Crippen LogP contribution in [0.5, 0.6) is 0 Å². The zero-order valence-corrected chi connectivity index (χ0v) is 11.4. The summed E-state index contributed by atoms with van der Waals surface area (Å²) in [5.74, 6) is 1.64. The van der Waals surface area contributed by atoms with Crippen LogP contribution in [0.2, 0.25) is 0 Å². The maximum absolute atomic E-state index is 8.80. The monoisotopic (exact) mass is 252 g/mol. The maximum Gasteiger partial charge on any atom is 0.136 e. The highest BCUT2D eigenvalue weighted by molar-refractivity contribution is 5.60. The van der Waals surface area contributed by atoms with Crippen LogP contribution < -0.4 is 4.90 Å². The van der Waals surface area contributed by atoms with Gasteiger partial charge in [-0.15, -0.1) is 0 Å². The molecule has 0 aliphatic heterocycles. The molecule has 0 bridgehead atoms. The highest BCUT2D eigenvalue weighted by Crippen LogP contribution is 2.22. The first-order valence-electron chi connectivity index (χ1n) is 6.22. The van der Waals surface area contributed by atoms with Crippen LogP contribution in [-0.4, -0.2) is 17.0 Å². The molecule has 4 heteroatoms. The Hall–Kier alpha value is -2.41. The Morgan fingerprint density at radius 1 is 1.21 bits per heavy atom. The topological polar surface area (TPSA) is 52.8 Å². The summed E-state index contributed by atoms with van der Waals surface area (Å²) in [5, 5.41) is 8.80. The zero-order valence-electron chi connectivity index (χ0n) is 11.4. The van der Waals surface area contributed by atoms with Gasteiger partial charge in [0, 0.05) is 24.5 Å². The molecule has 4 nitrogen and oxygen atoms in total. The molecule has 0 amide bonds. The van der Waals surface area contributed by atoms with Crippen molar-refractivity contribution in [1.29, 1.82) is 5.26 Å². The molecule has 0 fully saturated rings. The number of aryl methyl sites for hydroxylation is 2. The number of hydrogen-bond donors (Lipinski definition) is 0. The van der Waals surface area contributed by atoms with Crippen LogP contribution in [0.1, 0.15) is 24.0 Å². The SMILES string of the molecule is CCc1cc(N(C)c2ccc(C#N)cc2)nc(C)n1. The van der Waals surface area contributed by atoms with Gasteiger partial charge < -0.3 is 4.90 Å². The largest absolute Gasteiger partial charge is 0.329 e. The highest BCUT2D eigenvalue weighted by atomic mass is 15.2. The fourth-order valence-electron chi connectivity index (χ4n) is 1.86. The third-order valence-corrected chi connectivity index (χ3v) is 2.97. The molecular formula is C15H16N4. The molecule has 0 aliphatic rings. The van der Waals surface area contributed by atoms with Crippen LogP contribution in [0.15, 0.2) is 30.3 Å². The number of nitriles is 1. The second kappa shape index (κ2) is 5.49. The lowest BCUT2D eigenvalue weighted by atomic mass is 10.2. The van der Waals surface area contributed by atoms with E-state index in [0.717, 1.165) is 29.4 Å². The smallest absolute Gasteiger partial charge is 0.136 e. The standard InChI is InChI=1S/C15H16N4/c1-4-13-9-15(18-11(2)17-13)19(3)14-7-5-12(10-16)6-8-14/h5-9H,4H2,1-3H3. The van der Waals surface area contributed by atoms with E-state index in [1.165, 1.54) is 0 Å². The lowest BCUT2D eigenvalue weighted by Crippen LogP contribution is -2.13. The summed E-state index contributed by atoms with van der Waals surface area (Å²) < 4.78 is 0. The number of anilines is 2. The summed E-state index contributed by atoms with van der Waals surface area (Å²) in [6, 6.07) is 11.6. The first kappa shape index (κ1) is 13.0. The molecular weight excluding hydrogens is 236 g/mol. The van der Waals surface area contributed by atoms with Crippen molar-refractivity contribution >= 4 is 11.5 Å². The lowest BCUT2D eigenvalue weighted by Gasteiger charge is -2.19. The van der Waals surface area contributed by atoms with Crippen molar-refractivity contribution in [2.24, 2.45) is 0 Å². The molecule has 2 rings (SSSR count). The second-order valence-electron chi connectivity index (χ2n) is 4.34. The normalized spacial score (nSPS) is 10.0. The Labute approximate surface area is 113 Å². The van der Waals surface area contributed by atoms with Gasteiger partial charge in [-0.25, -0.2) is 9.97 Å².